The molecule has 1 aliphatic heterocycles. The third kappa shape index (κ3) is 10.2. The van der Waals surface area contributed by atoms with Crippen LogP contribution in [0.5, 0.6) is 0 Å². The quantitative estimate of drug-likeness (QED) is 0.0460. The zero-order chi connectivity index (χ0) is 42.9. The highest BCUT2D eigenvalue weighted by Crippen LogP contribution is 2.30. The van der Waals surface area contributed by atoms with Crippen molar-refractivity contribution >= 4 is 45.8 Å². The van der Waals surface area contributed by atoms with E-state index < -0.39 is 18.5 Å². The van der Waals surface area contributed by atoms with Crippen LogP contribution < -0.4 is 21.6 Å². The monoisotopic (exact) mass is 824 g/mol. The second kappa shape index (κ2) is 19.4. The maximum Gasteiger partial charge on any atom is 0.304 e. The molecule has 2 atom stereocenters. The zero-order valence-electron chi connectivity index (χ0n) is 34.4. The molecule has 2 amide bonds. The van der Waals surface area contributed by atoms with Gasteiger partial charge in [-0.05, 0) is 95.4 Å². The molecule has 0 aliphatic carbocycles. The largest absolute Gasteiger partial charge is 0.436 e. The van der Waals surface area contributed by atoms with E-state index in [0.29, 0.717) is 74.7 Å². The zero-order valence-corrected chi connectivity index (χ0v) is 34.4. The third-order valence-corrected chi connectivity index (χ3v) is 9.93. The van der Waals surface area contributed by atoms with E-state index in [2.05, 4.69) is 50.9 Å². The number of amides is 2. The summed E-state index contributed by atoms with van der Waals surface area (Å²) >= 11 is 0. The van der Waals surface area contributed by atoms with Crippen molar-refractivity contribution in [3.63, 3.8) is 0 Å². The molecule has 0 saturated heterocycles. The second-order valence-electron chi connectivity index (χ2n) is 14.5. The molecule has 2 heterocycles. The molecule has 16 heteroatoms. The molecule has 5 aromatic carbocycles. The molecule has 1 aliphatic rings. The number of hydrogen-bond donors (Lipinski definition) is 5. The predicted octanol–water partition coefficient (Wildman–Crippen LogP) is 7.17. The molecule has 5 N–H and O–H groups in total. The van der Waals surface area contributed by atoms with Crippen LogP contribution in [0.25, 0.3) is 33.3 Å². The van der Waals surface area contributed by atoms with Gasteiger partial charge in [0.1, 0.15) is 0 Å². The number of nitrogens with one attached hydrogen (secondary N) is 4. The van der Waals surface area contributed by atoms with E-state index in [1.165, 1.54) is 13.8 Å². The molecule has 16 nitrogen and oxygen atoms in total. The number of aryl methyl sites for hydroxylation is 1. The summed E-state index contributed by atoms with van der Waals surface area (Å²) in [7, 11) is 0. The summed E-state index contributed by atoms with van der Waals surface area (Å²) in [4.78, 5) is 40.0. The van der Waals surface area contributed by atoms with E-state index in [1.807, 2.05) is 54.6 Å². The predicted molar refractivity (Wildman–Crippen MR) is 232 cm³/mol. The van der Waals surface area contributed by atoms with Crippen LogP contribution in [-0.2, 0) is 20.8 Å². The van der Waals surface area contributed by atoms with Gasteiger partial charge in [0.25, 0.3) is 11.8 Å². The van der Waals surface area contributed by atoms with E-state index in [1.54, 1.807) is 58.4 Å². The molecular formula is C45H48N10O6. The van der Waals surface area contributed by atoms with Gasteiger partial charge in [0.15, 0.2) is 12.1 Å². The number of benzene rings is 5. The molecule has 0 radical (unpaired) electrons. The minimum atomic E-state index is -1.39. The number of hydrazine groups is 2. The Morgan fingerprint density at radius 2 is 1.44 bits per heavy atom. The van der Waals surface area contributed by atoms with E-state index >= 15 is 0 Å². The third-order valence-electron chi connectivity index (χ3n) is 9.93. The number of ether oxygens (including phenoxy) is 2. The lowest BCUT2D eigenvalue weighted by Crippen LogP contribution is -2.39. The van der Waals surface area contributed by atoms with Crippen LogP contribution in [0.3, 0.4) is 0 Å². The molecule has 0 saturated carbocycles. The van der Waals surface area contributed by atoms with Crippen molar-refractivity contribution in [3.8, 4) is 22.5 Å². The Morgan fingerprint density at radius 3 is 2.13 bits per heavy atom. The fourth-order valence-corrected chi connectivity index (χ4v) is 6.80. The first-order valence-corrected chi connectivity index (χ1v) is 20.3. The first kappa shape index (κ1) is 42.1. The number of unbranched alkanes of at least 4 members (excludes halogenated alkanes) is 2. The first-order valence-electron chi connectivity index (χ1n) is 20.3. The van der Waals surface area contributed by atoms with Crippen molar-refractivity contribution < 1.29 is 29.0 Å². The molecule has 0 bridgehead atoms. The summed E-state index contributed by atoms with van der Waals surface area (Å²) in [5.74, 6) is -0.170. The van der Waals surface area contributed by atoms with E-state index in [0.717, 1.165) is 36.8 Å². The van der Waals surface area contributed by atoms with Gasteiger partial charge >= 0.3 is 5.97 Å². The smallest absolute Gasteiger partial charge is 0.304 e. The highest BCUT2D eigenvalue weighted by Gasteiger charge is 2.23. The van der Waals surface area contributed by atoms with Crippen LogP contribution in [0.4, 0.5) is 11.4 Å². The number of nitrogens with zero attached hydrogens (tertiary/aromatic N) is 6. The maximum absolute atomic E-state index is 13.6. The van der Waals surface area contributed by atoms with Gasteiger partial charge < -0.3 is 25.2 Å². The van der Waals surface area contributed by atoms with E-state index in [4.69, 9.17) is 14.6 Å². The average molecular weight is 825 g/mol. The average Bonchev–Trinajstić information content (AvgIpc) is 3.95. The topological polar surface area (TPSA) is 197 Å². The summed E-state index contributed by atoms with van der Waals surface area (Å²) in [6.07, 6.45) is 1.56. The molecule has 6 aromatic rings. The molecule has 0 spiro atoms. The molecule has 2 unspecified atom stereocenters. The lowest BCUT2D eigenvalue weighted by Gasteiger charge is -2.19. The molecule has 7 rings (SSSR count). The van der Waals surface area contributed by atoms with Crippen LogP contribution in [0.2, 0.25) is 0 Å². The molecule has 0 fully saturated rings. The number of amidine groups is 1. The number of aromatic nitrogens is 4. The Balaban J connectivity index is 1.02. The van der Waals surface area contributed by atoms with Crippen LogP contribution in [0.15, 0.2) is 108 Å². The number of esters is 1. The highest BCUT2D eigenvalue weighted by atomic mass is 16.7. The Hall–Kier alpha value is -7.01. The van der Waals surface area contributed by atoms with Crippen molar-refractivity contribution in [3.05, 3.63) is 125 Å². The molecule has 61 heavy (non-hydrogen) atoms. The molecular weight excluding hydrogens is 777 g/mol. The van der Waals surface area contributed by atoms with Gasteiger partial charge in [-0.1, -0.05) is 81.3 Å². The molecule has 314 valence electrons. The van der Waals surface area contributed by atoms with Gasteiger partial charge in [-0.15, -0.1) is 20.8 Å². The van der Waals surface area contributed by atoms with Crippen molar-refractivity contribution in [1.82, 2.24) is 36.3 Å². The van der Waals surface area contributed by atoms with E-state index in [-0.39, 0.29) is 11.8 Å². The summed E-state index contributed by atoms with van der Waals surface area (Å²) in [6, 6.07) is 30.7. The van der Waals surface area contributed by atoms with Crippen LogP contribution in [0, 0.1) is 0 Å². The van der Waals surface area contributed by atoms with Crippen LogP contribution >= 0.6 is 0 Å². The standard InChI is InChI=1S/C45H48N10O6/c1-5-7-25-54-50-41(48-52-54)37-24-19-32(27-40(37)42-49-53-55(51-42)26-8-6-2)43(57)46-33-20-15-30(16-21-33)31-17-22-34(23-18-31)47-44(58)38-13-9-12-36-35(38)11-10-14-39(36)45(59)61-29(4)60-28(3)56/h9-24,27,29,45,53,59H,5-8,25-26H2,1-4H3,(H,46,57)(H,47,58)(H,49,51). The minimum absolute atomic E-state index is 0.296. The SMILES string of the molecule is CCCCN1N=C(c2cc(C(=O)Nc3ccc(-c4ccc(NC(=O)c5cccc6c(C(O)OC(C)OC(C)=O)cccc56)cc4)cc3)ccc2-c2nnn(CCCC)n2)NN1. The number of aliphatic hydroxyl groups excluding tert-OH is 1. The number of hydrazone groups is 1. The lowest BCUT2D eigenvalue weighted by molar-refractivity contribution is -0.221. The Morgan fingerprint density at radius 1 is 0.787 bits per heavy atom. The van der Waals surface area contributed by atoms with Crippen molar-refractivity contribution in [1.29, 1.82) is 0 Å². The number of fused-ring (bicyclic) bond motifs is 1. The van der Waals surface area contributed by atoms with Crippen molar-refractivity contribution in [2.75, 3.05) is 17.2 Å². The van der Waals surface area contributed by atoms with Gasteiger partial charge in [0.05, 0.1) is 13.1 Å². The summed E-state index contributed by atoms with van der Waals surface area (Å²) in [5.41, 5.74) is 11.9. The summed E-state index contributed by atoms with van der Waals surface area (Å²) < 4.78 is 10.5. The van der Waals surface area contributed by atoms with Crippen molar-refractivity contribution in [2.45, 2.75) is 72.5 Å². The highest BCUT2D eigenvalue weighted by molar-refractivity contribution is 6.13. The number of anilines is 2. The van der Waals surface area contributed by atoms with Gasteiger partial charge in [-0.2, -0.15) is 4.80 Å². The summed E-state index contributed by atoms with van der Waals surface area (Å²) in [6.45, 7) is 8.37. The minimum Gasteiger partial charge on any atom is -0.436 e. The number of hydrogen-bond acceptors (Lipinski definition) is 13. The Labute approximate surface area is 352 Å². The maximum atomic E-state index is 13.6. The normalized spacial score (nSPS) is 13.3. The summed E-state index contributed by atoms with van der Waals surface area (Å²) in [5, 5.41) is 37.5. The van der Waals surface area contributed by atoms with Crippen LogP contribution in [-0.4, -0.2) is 66.9 Å². The number of carbonyl (C=O) groups excluding carboxylic acids is 3. The second-order valence-corrected chi connectivity index (χ2v) is 14.5. The first-order chi connectivity index (χ1) is 29.6. The fourth-order valence-electron chi connectivity index (χ4n) is 6.80. The fraction of sp³-hybridized carbons (Fsp3) is 0.267. The van der Waals surface area contributed by atoms with Gasteiger partial charge in [0, 0.05) is 46.1 Å². The van der Waals surface area contributed by atoms with E-state index in [9.17, 15) is 19.5 Å². The van der Waals surface area contributed by atoms with Crippen molar-refractivity contribution in [2.24, 2.45) is 5.10 Å². The molecule has 1 aromatic heterocycles. The number of aliphatic hydroxyl groups is 1. The Kier molecular flexibility index (Phi) is 13.4. The van der Waals surface area contributed by atoms with Gasteiger partial charge in [-0.3, -0.25) is 19.8 Å². The lowest BCUT2D eigenvalue weighted by atomic mass is 9.99. The van der Waals surface area contributed by atoms with Crippen LogP contribution in [0.1, 0.15) is 91.5 Å². The number of rotatable bonds is 17. The van der Waals surface area contributed by atoms with Gasteiger partial charge in [-0.25, -0.2) is 5.12 Å². The number of tetrazole rings is 1. The Bertz CT molecular complexity index is 2540. The van der Waals surface area contributed by atoms with Gasteiger partial charge in [0.2, 0.25) is 12.1 Å². The number of carbonyl (C=O) groups is 3.